The summed E-state index contributed by atoms with van der Waals surface area (Å²) in [6, 6.07) is 6.63. The molecule has 28 heavy (non-hydrogen) atoms. The Morgan fingerprint density at radius 3 is 2.71 bits per heavy atom. The van der Waals surface area contributed by atoms with Crippen LogP contribution in [0.3, 0.4) is 0 Å². The van der Waals surface area contributed by atoms with E-state index < -0.39 is 0 Å². The van der Waals surface area contributed by atoms with Gasteiger partial charge < -0.3 is 10.2 Å². The summed E-state index contributed by atoms with van der Waals surface area (Å²) in [6.07, 6.45) is 2.97. The van der Waals surface area contributed by atoms with Crippen LogP contribution in [-0.2, 0) is 22.4 Å². The Bertz CT molecular complexity index is 815. The average molecular weight is 404 g/mol. The van der Waals surface area contributed by atoms with Gasteiger partial charge in [-0.05, 0) is 43.7 Å². The SMILES string of the molecule is Cc1nc(CC(=O)N2CCC(CC(=O)NCCc3ccccc3F)CC2)cs1. The van der Waals surface area contributed by atoms with Gasteiger partial charge in [0.1, 0.15) is 5.82 Å². The van der Waals surface area contributed by atoms with Crippen molar-refractivity contribution in [2.45, 2.75) is 39.0 Å². The van der Waals surface area contributed by atoms with E-state index in [-0.39, 0.29) is 17.6 Å². The minimum Gasteiger partial charge on any atom is -0.356 e. The van der Waals surface area contributed by atoms with Crippen LogP contribution in [0.1, 0.15) is 35.5 Å². The predicted octanol–water partition coefficient (Wildman–Crippen LogP) is 3.12. The molecular formula is C21H26FN3O2S. The number of rotatable bonds is 7. The molecule has 1 fully saturated rings. The van der Waals surface area contributed by atoms with Crippen molar-refractivity contribution in [2.24, 2.45) is 5.92 Å². The van der Waals surface area contributed by atoms with Gasteiger partial charge in [0.25, 0.3) is 0 Å². The van der Waals surface area contributed by atoms with Crippen LogP contribution in [-0.4, -0.2) is 41.3 Å². The summed E-state index contributed by atoms with van der Waals surface area (Å²) in [5.41, 5.74) is 1.45. The van der Waals surface area contributed by atoms with Gasteiger partial charge in [-0.3, -0.25) is 9.59 Å². The van der Waals surface area contributed by atoms with Gasteiger partial charge >= 0.3 is 0 Å². The van der Waals surface area contributed by atoms with E-state index in [0.29, 0.717) is 50.4 Å². The number of aromatic nitrogens is 1. The third-order valence-corrected chi connectivity index (χ3v) is 5.94. The summed E-state index contributed by atoms with van der Waals surface area (Å²) in [5.74, 6) is 0.165. The fraction of sp³-hybridized carbons (Fsp3) is 0.476. The highest BCUT2D eigenvalue weighted by atomic mass is 32.1. The Morgan fingerprint density at radius 2 is 2.04 bits per heavy atom. The van der Waals surface area contributed by atoms with Crippen LogP contribution in [0.25, 0.3) is 0 Å². The number of nitrogens with zero attached hydrogens (tertiary/aromatic N) is 2. The lowest BCUT2D eigenvalue weighted by molar-refractivity contribution is -0.132. The van der Waals surface area contributed by atoms with Crippen LogP contribution in [0, 0.1) is 18.7 Å². The van der Waals surface area contributed by atoms with E-state index in [9.17, 15) is 14.0 Å². The average Bonchev–Trinajstić information content (AvgIpc) is 3.08. The molecule has 0 radical (unpaired) electrons. The number of likely N-dealkylation sites (tertiary alicyclic amines) is 1. The maximum Gasteiger partial charge on any atom is 0.228 e. The molecule has 1 saturated heterocycles. The van der Waals surface area contributed by atoms with E-state index >= 15 is 0 Å². The fourth-order valence-electron chi connectivity index (χ4n) is 3.51. The summed E-state index contributed by atoms with van der Waals surface area (Å²) >= 11 is 1.56. The van der Waals surface area contributed by atoms with Crippen LogP contribution < -0.4 is 5.32 Å². The summed E-state index contributed by atoms with van der Waals surface area (Å²) in [4.78, 5) is 30.8. The molecule has 2 aromatic rings. The van der Waals surface area contributed by atoms with Gasteiger partial charge in [0, 0.05) is 31.4 Å². The molecule has 1 aliphatic heterocycles. The second-order valence-corrected chi connectivity index (χ2v) is 8.32. The lowest BCUT2D eigenvalue weighted by Crippen LogP contribution is -2.40. The van der Waals surface area contributed by atoms with Crippen molar-refractivity contribution in [2.75, 3.05) is 19.6 Å². The van der Waals surface area contributed by atoms with Gasteiger partial charge in [-0.25, -0.2) is 9.37 Å². The van der Waals surface area contributed by atoms with Gasteiger partial charge in [0.05, 0.1) is 17.1 Å². The highest BCUT2D eigenvalue weighted by Gasteiger charge is 2.24. The smallest absolute Gasteiger partial charge is 0.228 e. The van der Waals surface area contributed by atoms with Crippen LogP contribution in [0.2, 0.25) is 0 Å². The number of halogens is 1. The molecule has 0 aliphatic carbocycles. The molecule has 2 heterocycles. The number of hydrogen-bond acceptors (Lipinski definition) is 4. The Kier molecular flexibility index (Phi) is 7.14. The number of benzene rings is 1. The molecule has 7 heteroatoms. The predicted molar refractivity (Wildman–Crippen MR) is 108 cm³/mol. The van der Waals surface area contributed by atoms with Gasteiger partial charge in [0.2, 0.25) is 11.8 Å². The minimum absolute atomic E-state index is 0.000866. The number of amides is 2. The van der Waals surface area contributed by atoms with E-state index in [1.54, 1.807) is 29.5 Å². The van der Waals surface area contributed by atoms with Gasteiger partial charge in [-0.1, -0.05) is 18.2 Å². The van der Waals surface area contributed by atoms with Crippen molar-refractivity contribution >= 4 is 23.2 Å². The van der Waals surface area contributed by atoms with Crippen LogP contribution in [0.4, 0.5) is 4.39 Å². The Hall–Kier alpha value is -2.28. The number of carbonyl (C=O) groups is 2. The van der Waals surface area contributed by atoms with Crippen molar-refractivity contribution in [1.82, 2.24) is 15.2 Å². The maximum atomic E-state index is 13.6. The molecule has 0 bridgehead atoms. The van der Waals surface area contributed by atoms with Crippen molar-refractivity contribution in [1.29, 1.82) is 0 Å². The lowest BCUT2D eigenvalue weighted by Gasteiger charge is -2.31. The third-order valence-electron chi connectivity index (χ3n) is 5.11. The standard InChI is InChI=1S/C21H26FN3O2S/c1-15-24-18(14-28-15)13-21(27)25-10-7-16(8-11-25)12-20(26)23-9-6-17-4-2-3-5-19(17)22/h2-5,14,16H,6-13H2,1H3,(H,23,26). The van der Waals surface area contributed by atoms with E-state index in [1.807, 2.05) is 17.2 Å². The van der Waals surface area contributed by atoms with Gasteiger partial charge in [-0.15, -0.1) is 11.3 Å². The van der Waals surface area contributed by atoms with Crippen LogP contribution in [0.15, 0.2) is 29.6 Å². The first-order valence-corrected chi connectivity index (χ1v) is 10.6. The Balaban J connectivity index is 1.35. The lowest BCUT2D eigenvalue weighted by atomic mass is 9.93. The Labute approximate surface area is 169 Å². The topological polar surface area (TPSA) is 62.3 Å². The van der Waals surface area contributed by atoms with Crippen LogP contribution >= 0.6 is 11.3 Å². The van der Waals surface area contributed by atoms with Gasteiger partial charge in [0.15, 0.2) is 0 Å². The molecule has 1 N–H and O–H groups in total. The van der Waals surface area contributed by atoms with Crippen molar-refractivity contribution in [3.05, 3.63) is 51.7 Å². The summed E-state index contributed by atoms with van der Waals surface area (Å²) in [6.45, 7) is 3.75. The number of thiazole rings is 1. The van der Waals surface area contributed by atoms with Crippen molar-refractivity contribution < 1.29 is 14.0 Å². The maximum absolute atomic E-state index is 13.6. The molecule has 2 amide bonds. The largest absolute Gasteiger partial charge is 0.356 e. The molecule has 1 aliphatic rings. The summed E-state index contributed by atoms with van der Waals surface area (Å²) < 4.78 is 13.6. The van der Waals surface area contributed by atoms with E-state index in [1.165, 1.54) is 6.07 Å². The highest BCUT2D eigenvalue weighted by Crippen LogP contribution is 2.21. The van der Waals surface area contributed by atoms with Crippen molar-refractivity contribution in [3.8, 4) is 0 Å². The number of nitrogens with one attached hydrogen (secondary N) is 1. The highest BCUT2D eigenvalue weighted by molar-refractivity contribution is 7.09. The quantitative estimate of drug-likeness (QED) is 0.773. The first-order chi connectivity index (χ1) is 13.5. The molecular weight excluding hydrogens is 377 g/mol. The molecule has 0 unspecified atom stereocenters. The molecule has 5 nitrogen and oxygen atoms in total. The number of piperidine rings is 1. The molecule has 3 rings (SSSR count). The summed E-state index contributed by atoms with van der Waals surface area (Å²) in [7, 11) is 0. The van der Waals surface area contributed by atoms with Crippen molar-refractivity contribution in [3.63, 3.8) is 0 Å². The zero-order valence-electron chi connectivity index (χ0n) is 16.1. The third kappa shape index (κ3) is 5.86. The number of carbonyl (C=O) groups excluding carboxylic acids is 2. The fourth-order valence-corrected chi connectivity index (χ4v) is 4.13. The van der Waals surface area contributed by atoms with Gasteiger partial charge in [-0.2, -0.15) is 0 Å². The zero-order valence-corrected chi connectivity index (χ0v) is 16.9. The molecule has 1 aromatic heterocycles. The zero-order chi connectivity index (χ0) is 19.9. The number of aryl methyl sites for hydroxylation is 1. The second-order valence-electron chi connectivity index (χ2n) is 7.25. The van der Waals surface area contributed by atoms with E-state index in [2.05, 4.69) is 10.3 Å². The number of hydrogen-bond donors (Lipinski definition) is 1. The minimum atomic E-state index is -0.235. The Morgan fingerprint density at radius 1 is 1.29 bits per heavy atom. The first kappa shape index (κ1) is 20.5. The summed E-state index contributed by atoms with van der Waals surface area (Å²) in [5, 5.41) is 5.79. The molecule has 150 valence electrons. The second kappa shape index (κ2) is 9.78. The monoisotopic (exact) mass is 403 g/mol. The first-order valence-electron chi connectivity index (χ1n) is 9.70. The molecule has 0 spiro atoms. The molecule has 1 aromatic carbocycles. The van der Waals surface area contributed by atoms with Crippen LogP contribution in [0.5, 0.6) is 0 Å². The molecule has 0 atom stereocenters. The normalized spacial score (nSPS) is 14.9. The molecule has 0 saturated carbocycles. The van der Waals surface area contributed by atoms with E-state index in [0.717, 1.165) is 23.5 Å². The van der Waals surface area contributed by atoms with E-state index in [4.69, 9.17) is 0 Å².